The zero-order valence-corrected chi connectivity index (χ0v) is 24.7. The summed E-state index contributed by atoms with van der Waals surface area (Å²) in [5.74, 6) is -3.09. The number of hydrogen-bond acceptors (Lipinski definition) is 6. The van der Waals surface area contributed by atoms with Crippen LogP contribution in [0.25, 0.3) is 0 Å². The number of piperazine rings is 1. The van der Waals surface area contributed by atoms with Crippen LogP contribution in [0.2, 0.25) is 5.02 Å². The summed E-state index contributed by atoms with van der Waals surface area (Å²) in [5.41, 5.74) is 2.88. The Bertz CT molecular complexity index is 1320. The first-order valence-corrected chi connectivity index (χ1v) is 16.1. The van der Waals surface area contributed by atoms with Crippen LogP contribution < -0.4 is 10.6 Å². The fourth-order valence-electron chi connectivity index (χ4n) is 5.24. The van der Waals surface area contributed by atoms with Crippen LogP contribution in [-0.2, 0) is 32.5 Å². The first kappa shape index (κ1) is 31.2. The van der Waals surface area contributed by atoms with Crippen LogP contribution in [0.3, 0.4) is 0 Å². The minimum atomic E-state index is -3.24. The molecule has 2 N–H and O–H groups in total. The lowest BCUT2D eigenvalue weighted by Gasteiger charge is -2.35. The Morgan fingerprint density at radius 2 is 1.68 bits per heavy atom. The maximum Gasteiger partial charge on any atom is 0.248 e. The quantitative estimate of drug-likeness (QED) is 0.416. The molecule has 2 fully saturated rings. The molecule has 0 bridgehead atoms. The van der Waals surface area contributed by atoms with E-state index in [9.17, 15) is 26.8 Å². The molecule has 0 unspecified atom stereocenters. The lowest BCUT2D eigenvalue weighted by atomic mass is 9.84. The molecule has 2 amide bonds. The molecule has 8 nitrogen and oxygen atoms in total. The van der Waals surface area contributed by atoms with Gasteiger partial charge < -0.3 is 15.5 Å². The molecule has 41 heavy (non-hydrogen) atoms. The fraction of sp³-hybridized carbons (Fsp3) is 0.517. The van der Waals surface area contributed by atoms with Gasteiger partial charge in [0.25, 0.3) is 0 Å². The second-order valence-electron chi connectivity index (χ2n) is 11.0. The minimum absolute atomic E-state index is 0.0560. The third-order valence-corrected chi connectivity index (χ3v) is 9.13. The summed E-state index contributed by atoms with van der Waals surface area (Å²) >= 11 is 6.29. The predicted molar refractivity (Wildman–Crippen MR) is 155 cm³/mol. The summed E-state index contributed by atoms with van der Waals surface area (Å²) in [4.78, 5) is 29.2. The highest BCUT2D eigenvalue weighted by Gasteiger charge is 2.35. The van der Waals surface area contributed by atoms with Gasteiger partial charge >= 0.3 is 0 Å². The molecule has 0 atom stereocenters. The van der Waals surface area contributed by atoms with Gasteiger partial charge in [-0.3, -0.25) is 14.5 Å². The molecule has 1 aliphatic heterocycles. The zero-order valence-electron chi connectivity index (χ0n) is 23.2. The molecule has 224 valence electrons. The van der Waals surface area contributed by atoms with Crippen molar-refractivity contribution >= 4 is 38.9 Å². The van der Waals surface area contributed by atoms with E-state index in [1.54, 1.807) is 29.2 Å². The number of rotatable bonds is 10. The number of anilines is 1. The van der Waals surface area contributed by atoms with Gasteiger partial charge in [0, 0.05) is 75.5 Å². The number of nitrogens with one attached hydrogen (secondary N) is 2. The molecular weight excluding hydrogens is 574 g/mol. The van der Waals surface area contributed by atoms with Crippen LogP contribution in [0.5, 0.6) is 0 Å². The summed E-state index contributed by atoms with van der Waals surface area (Å²) < 4.78 is 50.0. The van der Waals surface area contributed by atoms with Crippen molar-refractivity contribution in [2.24, 2.45) is 5.92 Å². The van der Waals surface area contributed by atoms with Crippen molar-refractivity contribution in [2.75, 3.05) is 44.3 Å². The normalized spacial score (nSPS) is 18.2. The van der Waals surface area contributed by atoms with Crippen molar-refractivity contribution in [2.45, 2.75) is 56.0 Å². The first-order valence-electron chi connectivity index (χ1n) is 13.8. The number of sulfone groups is 1. The van der Waals surface area contributed by atoms with Crippen LogP contribution in [0, 0.1) is 5.92 Å². The van der Waals surface area contributed by atoms with E-state index in [2.05, 4.69) is 15.5 Å². The van der Waals surface area contributed by atoms with Crippen molar-refractivity contribution in [3.05, 3.63) is 58.6 Å². The number of carbonyl (C=O) groups is 2. The molecule has 12 heteroatoms. The molecule has 1 saturated heterocycles. The van der Waals surface area contributed by atoms with Gasteiger partial charge in [-0.15, -0.1) is 0 Å². The van der Waals surface area contributed by atoms with Gasteiger partial charge in [-0.25, -0.2) is 17.2 Å². The minimum Gasteiger partial charge on any atom is -0.381 e. The number of hydrogen-bond donors (Lipinski definition) is 2. The largest absolute Gasteiger partial charge is 0.381 e. The standard InChI is InChI=1S/C29H37ClF2N4O4S/c1-41(39,40)25-5-2-22(3-6-25)18-33-26-7-4-24(30)17-23(26)20-35-12-14-36(15-13-35)28(38)19-34-27(37)16-21-8-10-29(31,32)11-9-21/h2-7,17,21,33H,8-16,18-20H2,1H3,(H,34,37). The molecule has 0 aromatic heterocycles. The molecule has 0 spiro atoms. The van der Waals surface area contributed by atoms with Gasteiger partial charge in [0.05, 0.1) is 11.4 Å². The molecule has 2 aromatic carbocycles. The van der Waals surface area contributed by atoms with E-state index in [-0.39, 0.29) is 48.4 Å². The van der Waals surface area contributed by atoms with Crippen LogP contribution in [0.15, 0.2) is 47.4 Å². The Kier molecular flexibility index (Phi) is 10.3. The topological polar surface area (TPSA) is 98.8 Å². The van der Waals surface area contributed by atoms with Crippen molar-refractivity contribution in [1.29, 1.82) is 0 Å². The van der Waals surface area contributed by atoms with E-state index in [0.29, 0.717) is 57.1 Å². The molecule has 4 rings (SSSR count). The van der Waals surface area contributed by atoms with Gasteiger partial charge in [-0.1, -0.05) is 23.7 Å². The van der Waals surface area contributed by atoms with E-state index in [1.807, 2.05) is 18.2 Å². The predicted octanol–water partition coefficient (Wildman–Crippen LogP) is 4.33. The molecule has 1 aliphatic carbocycles. The summed E-state index contributed by atoms with van der Waals surface area (Å²) in [6.07, 6.45) is 1.67. The maximum atomic E-state index is 13.3. The van der Waals surface area contributed by atoms with Gasteiger partial charge in [-0.05, 0) is 60.2 Å². The second kappa shape index (κ2) is 13.5. The molecule has 1 saturated carbocycles. The number of nitrogens with zero attached hydrogens (tertiary/aromatic N) is 2. The average molecular weight is 611 g/mol. The number of halogens is 3. The molecule has 2 aliphatic rings. The fourth-order valence-corrected chi connectivity index (χ4v) is 6.06. The van der Waals surface area contributed by atoms with Crippen LogP contribution in [-0.4, -0.2) is 74.9 Å². The van der Waals surface area contributed by atoms with Crippen molar-refractivity contribution in [1.82, 2.24) is 15.1 Å². The van der Waals surface area contributed by atoms with Gasteiger partial charge in [0.15, 0.2) is 9.84 Å². The summed E-state index contributed by atoms with van der Waals surface area (Å²) in [7, 11) is -3.24. The third kappa shape index (κ3) is 9.37. The van der Waals surface area contributed by atoms with E-state index in [0.717, 1.165) is 16.8 Å². The van der Waals surface area contributed by atoms with Crippen LogP contribution in [0.1, 0.15) is 43.2 Å². The Morgan fingerprint density at radius 1 is 1.02 bits per heavy atom. The molecular formula is C29H37ClF2N4O4S. The van der Waals surface area contributed by atoms with Crippen molar-refractivity contribution in [3.8, 4) is 0 Å². The summed E-state index contributed by atoms with van der Waals surface area (Å²) in [5, 5.41) is 6.70. The number of alkyl halides is 2. The monoisotopic (exact) mass is 610 g/mol. The van der Waals surface area contributed by atoms with E-state index >= 15 is 0 Å². The van der Waals surface area contributed by atoms with E-state index in [4.69, 9.17) is 11.6 Å². The summed E-state index contributed by atoms with van der Waals surface area (Å²) in [6.45, 7) is 3.44. The average Bonchev–Trinajstić information content (AvgIpc) is 2.92. The Morgan fingerprint density at radius 3 is 2.32 bits per heavy atom. The smallest absolute Gasteiger partial charge is 0.248 e. The van der Waals surface area contributed by atoms with E-state index in [1.165, 1.54) is 6.26 Å². The maximum absolute atomic E-state index is 13.3. The third-order valence-electron chi connectivity index (χ3n) is 7.77. The van der Waals surface area contributed by atoms with E-state index < -0.39 is 15.8 Å². The molecule has 2 aromatic rings. The van der Waals surface area contributed by atoms with Crippen LogP contribution in [0.4, 0.5) is 14.5 Å². The van der Waals surface area contributed by atoms with Crippen molar-refractivity contribution in [3.63, 3.8) is 0 Å². The lowest BCUT2D eigenvalue weighted by molar-refractivity contribution is -0.134. The van der Waals surface area contributed by atoms with Gasteiger partial charge in [0.1, 0.15) is 0 Å². The second-order valence-corrected chi connectivity index (χ2v) is 13.5. The SMILES string of the molecule is CS(=O)(=O)c1ccc(CNc2ccc(Cl)cc2CN2CCN(C(=O)CNC(=O)CC3CCC(F)(F)CC3)CC2)cc1. The highest BCUT2D eigenvalue weighted by molar-refractivity contribution is 7.90. The Labute approximate surface area is 245 Å². The molecule has 0 radical (unpaired) electrons. The summed E-state index contributed by atoms with van der Waals surface area (Å²) in [6, 6.07) is 12.4. The number of carbonyl (C=O) groups excluding carboxylic acids is 2. The molecule has 1 heterocycles. The highest BCUT2D eigenvalue weighted by Crippen LogP contribution is 2.37. The number of benzene rings is 2. The Hall–Kier alpha value is -2.76. The van der Waals surface area contributed by atoms with Gasteiger partial charge in [0.2, 0.25) is 17.7 Å². The lowest BCUT2D eigenvalue weighted by Crippen LogP contribution is -2.51. The highest BCUT2D eigenvalue weighted by atomic mass is 35.5. The van der Waals surface area contributed by atoms with Gasteiger partial charge in [-0.2, -0.15) is 0 Å². The zero-order chi connectivity index (χ0) is 29.6. The Balaban J connectivity index is 1.22. The van der Waals surface area contributed by atoms with Crippen molar-refractivity contribution < 1.29 is 26.8 Å². The number of amides is 2. The first-order chi connectivity index (χ1) is 19.4. The van der Waals surface area contributed by atoms with Crippen LogP contribution >= 0.6 is 11.6 Å².